The van der Waals surface area contributed by atoms with Crippen molar-refractivity contribution < 1.29 is 9.72 Å². The Labute approximate surface area is 170 Å². The molecule has 1 aliphatic rings. The largest absolute Gasteiger partial charge is 0.347 e. The summed E-state index contributed by atoms with van der Waals surface area (Å²) in [6, 6.07) is 6.04. The average molecular weight is 412 g/mol. The summed E-state index contributed by atoms with van der Waals surface area (Å²) in [5.41, 5.74) is 1.36. The molecule has 3 aromatic rings. The smallest absolute Gasteiger partial charge is 0.269 e. The first-order valence-electron chi connectivity index (χ1n) is 9.50. The highest BCUT2D eigenvalue weighted by atomic mass is 32.1. The van der Waals surface area contributed by atoms with Crippen molar-refractivity contribution in [2.45, 2.75) is 45.7 Å². The number of aryl methyl sites for hydroxylation is 2. The fraction of sp³-hybridized carbons (Fsp3) is 0.350. The molecule has 8 nitrogen and oxygen atoms in total. The van der Waals surface area contributed by atoms with Gasteiger partial charge in [-0.1, -0.05) is 18.6 Å². The molecule has 4 rings (SSSR count). The molecule has 0 radical (unpaired) electrons. The second kappa shape index (κ2) is 7.75. The molecule has 0 fully saturated rings. The molecule has 1 aromatic carbocycles. The Bertz CT molecular complexity index is 1160. The third kappa shape index (κ3) is 3.65. The summed E-state index contributed by atoms with van der Waals surface area (Å²) in [5, 5.41) is 14.1. The Morgan fingerprint density at radius 1 is 1.28 bits per heavy atom. The summed E-state index contributed by atoms with van der Waals surface area (Å²) in [5.74, 6) is 0.530. The van der Waals surface area contributed by atoms with E-state index in [0.717, 1.165) is 37.1 Å². The number of hydrogen-bond acceptors (Lipinski definition) is 6. The van der Waals surface area contributed by atoms with Crippen LogP contribution >= 0.6 is 11.3 Å². The third-order valence-electron chi connectivity index (χ3n) is 5.22. The lowest BCUT2D eigenvalue weighted by Gasteiger charge is -2.08. The SMILES string of the molecule is Cc1c(C(=O)NCc2ccc([N+](=O)[O-])cc2)sc2nc3n(c(=O)c12)CCCCC3. The van der Waals surface area contributed by atoms with Gasteiger partial charge < -0.3 is 5.32 Å². The molecule has 0 spiro atoms. The van der Waals surface area contributed by atoms with Crippen molar-refractivity contribution in [3.63, 3.8) is 0 Å². The summed E-state index contributed by atoms with van der Waals surface area (Å²) in [7, 11) is 0. The van der Waals surface area contributed by atoms with Crippen molar-refractivity contribution >= 4 is 33.1 Å². The van der Waals surface area contributed by atoms with Crippen molar-refractivity contribution in [1.82, 2.24) is 14.9 Å². The lowest BCUT2D eigenvalue weighted by atomic mass is 10.2. The van der Waals surface area contributed by atoms with E-state index in [1.54, 1.807) is 23.6 Å². The van der Waals surface area contributed by atoms with Gasteiger partial charge in [-0.05, 0) is 30.9 Å². The molecule has 1 aliphatic heterocycles. The summed E-state index contributed by atoms with van der Waals surface area (Å²) in [6.07, 6.45) is 3.85. The molecule has 9 heteroatoms. The Hall–Kier alpha value is -3.07. The van der Waals surface area contributed by atoms with Gasteiger partial charge in [0.2, 0.25) is 0 Å². The first-order chi connectivity index (χ1) is 14.0. The number of carbonyl (C=O) groups is 1. The number of aromatic nitrogens is 2. The molecule has 0 saturated carbocycles. The number of amides is 1. The molecule has 1 N–H and O–H groups in total. The van der Waals surface area contributed by atoms with Crippen LogP contribution in [0.15, 0.2) is 29.1 Å². The minimum atomic E-state index is -0.462. The van der Waals surface area contributed by atoms with Crippen LogP contribution in [0.25, 0.3) is 10.2 Å². The van der Waals surface area contributed by atoms with E-state index in [9.17, 15) is 19.7 Å². The maximum absolute atomic E-state index is 13.0. The van der Waals surface area contributed by atoms with E-state index in [1.165, 1.54) is 23.5 Å². The lowest BCUT2D eigenvalue weighted by Crippen LogP contribution is -2.25. The van der Waals surface area contributed by atoms with Crippen LogP contribution in [-0.2, 0) is 19.5 Å². The van der Waals surface area contributed by atoms with E-state index in [1.807, 2.05) is 0 Å². The molecule has 3 heterocycles. The number of fused-ring (bicyclic) bond motifs is 2. The third-order valence-corrected chi connectivity index (χ3v) is 6.40. The van der Waals surface area contributed by atoms with Crippen LogP contribution in [0.5, 0.6) is 0 Å². The molecule has 0 bridgehead atoms. The van der Waals surface area contributed by atoms with Gasteiger partial charge in [-0.2, -0.15) is 0 Å². The molecule has 0 saturated heterocycles. The monoisotopic (exact) mass is 412 g/mol. The second-order valence-corrected chi connectivity index (χ2v) is 8.14. The quantitative estimate of drug-likeness (QED) is 0.522. The maximum atomic E-state index is 13.0. The number of benzene rings is 1. The Kier molecular flexibility index (Phi) is 5.14. The highest BCUT2D eigenvalue weighted by Gasteiger charge is 2.22. The Balaban J connectivity index is 1.59. The molecule has 0 aliphatic carbocycles. The number of thiophene rings is 1. The van der Waals surface area contributed by atoms with Gasteiger partial charge in [-0.3, -0.25) is 24.3 Å². The van der Waals surface area contributed by atoms with Crippen LogP contribution in [0.1, 0.15) is 45.9 Å². The van der Waals surface area contributed by atoms with Crippen molar-refractivity contribution in [1.29, 1.82) is 0 Å². The van der Waals surface area contributed by atoms with Crippen molar-refractivity contribution in [3.8, 4) is 0 Å². The number of carbonyl (C=O) groups excluding carboxylic acids is 1. The average Bonchev–Trinajstić information content (AvgIpc) is 2.88. The second-order valence-electron chi connectivity index (χ2n) is 7.14. The van der Waals surface area contributed by atoms with Crippen LogP contribution in [0, 0.1) is 17.0 Å². The predicted octanol–water partition coefficient (Wildman–Crippen LogP) is 3.33. The highest BCUT2D eigenvalue weighted by Crippen LogP contribution is 2.28. The number of nitro benzene ring substituents is 1. The number of nitrogens with zero attached hydrogens (tertiary/aromatic N) is 3. The minimum Gasteiger partial charge on any atom is -0.347 e. The van der Waals surface area contributed by atoms with Gasteiger partial charge in [0.15, 0.2) is 0 Å². The van der Waals surface area contributed by atoms with Crippen LogP contribution in [0.3, 0.4) is 0 Å². The number of nitrogens with one attached hydrogen (secondary N) is 1. The predicted molar refractivity (Wildman–Crippen MR) is 110 cm³/mol. The van der Waals surface area contributed by atoms with Crippen LogP contribution in [0.2, 0.25) is 0 Å². The van der Waals surface area contributed by atoms with E-state index in [2.05, 4.69) is 10.3 Å². The van der Waals surface area contributed by atoms with E-state index < -0.39 is 4.92 Å². The van der Waals surface area contributed by atoms with Gasteiger partial charge >= 0.3 is 0 Å². The fourth-order valence-corrected chi connectivity index (χ4v) is 4.73. The molecular weight excluding hydrogens is 392 g/mol. The fourth-order valence-electron chi connectivity index (χ4n) is 3.62. The zero-order valence-corrected chi connectivity index (χ0v) is 16.8. The van der Waals surface area contributed by atoms with Crippen LogP contribution in [-0.4, -0.2) is 20.4 Å². The van der Waals surface area contributed by atoms with E-state index in [0.29, 0.717) is 27.2 Å². The van der Waals surface area contributed by atoms with Gasteiger partial charge in [-0.15, -0.1) is 11.3 Å². The van der Waals surface area contributed by atoms with E-state index in [4.69, 9.17) is 0 Å². The zero-order valence-electron chi connectivity index (χ0n) is 15.9. The van der Waals surface area contributed by atoms with Gasteiger partial charge in [0, 0.05) is 31.6 Å². The zero-order chi connectivity index (χ0) is 20.5. The number of hydrogen-bond donors (Lipinski definition) is 1. The number of rotatable bonds is 4. The van der Waals surface area contributed by atoms with E-state index >= 15 is 0 Å². The Morgan fingerprint density at radius 3 is 2.76 bits per heavy atom. The molecule has 0 atom stereocenters. The molecule has 29 heavy (non-hydrogen) atoms. The standard InChI is InChI=1S/C20H20N4O4S/c1-12-16-19(22-15-5-3-2-4-10-23(15)20(16)26)29-17(12)18(25)21-11-13-6-8-14(9-7-13)24(27)28/h6-9H,2-5,10-11H2,1H3,(H,21,25). The van der Waals surface area contributed by atoms with Crippen molar-refractivity contribution in [2.75, 3.05) is 0 Å². The lowest BCUT2D eigenvalue weighted by molar-refractivity contribution is -0.384. The molecular formula is C20H20N4O4S. The Morgan fingerprint density at radius 2 is 2.03 bits per heavy atom. The molecule has 2 aromatic heterocycles. The van der Waals surface area contributed by atoms with Crippen molar-refractivity contribution in [2.24, 2.45) is 0 Å². The summed E-state index contributed by atoms with van der Waals surface area (Å²) in [6.45, 7) is 2.70. The van der Waals surface area contributed by atoms with Crippen LogP contribution in [0.4, 0.5) is 5.69 Å². The van der Waals surface area contributed by atoms with Gasteiger partial charge in [0.05, 0.1) is 15.2 Å². The molecule has 1 amide bonds. The number of nitro groups is 1. The highest BCUT2D eigenvalue weighted by molar-refractivity contribution is 7.20. The normalized spacial score (nSPS) is 13.7. The van der Waals surface area contributed by atoms with Gasteiger partial charge in [0.25, 0.3) is 17.2 Å². The maximum Gasteiger partial charge on any atom is 0.269 e. The van der Waals surface area contributed by atoms with E-state index in [-0.39, 0.29) is 23.7 Å². The van der Waals surface area contributed by atoms with Gasteiger partial charge in [0.1, 0.15) is 10.7 Å². The molecule has 150 valence electrons. The minimum absolute atomic E-state index is 0.00624. The van der Waals surface area contributed by atoms with Crippen LogP contribution < -0.4 is 10.9 Å². The summed E-state index contributed by atoms with van der Waals surface area (Å²) in [4.78, 5) is 41.8. The topological polar surface area (TPSA) is 107 Å². The first-order valence-corrected chi connectivity index (χ1v) is 10.3. The number of non-ortho nitro benzene ring substituents is 1. The van der Waals surface area contributed by atoms with Crippen molar-refractivity contribution in [3.05, 3.63) is 66.6 Å². The first kappa shape index (κ1) is 19.3. The van der Waals surface area contributed by atoms with Gasteiger partial charge in [-0.25, -0.2) is 4.98 Å². The molecule has 0 unspecified atom stereocenters. The summed E-state index contributed by atoms with van der Waals surface area (Å²) < 4.78 is 1.76. The summed E-state index contributed by atoms with van der Waals surface area (Å²) >= 11 is 1.24.